The van der Waals surface area contributed by atoms with E-state index in [2.05, 4.69) is 4.99 Å². The van der Waals surface area contributed by atoms with Crippen LogP contribution >= 0.6 is 23.2 Å². The summed E-state index contributed by atoms with van der Waals surface area (Å²) < 4.78 is 41.3. The maximum atomic E-state index is 12.7. The van der Waals surface area contributed by atoms with E-state index in [1.807, 2.05) is 0 Å². The number of methoxy groups -OCH3 is 1. The minimum Gasteiger partial charge on any atom is -0.497 e. The minimum atomic E-state index is -4.14. The van der Waals surface area contributed by atoms with Crippen LogP contribution in [0, 0.1) is 0 Å². The Kier molecular flexibility index (Phi) is 7.43. The number of ether oxygens (including phenoxy) is 2. The fourth-order valence-corrected chi connectivity index (χ4v) is 3.97. The second-order valence-corrected chi connectivity index (χ2v) is 8.60. The summed E-state index contributed by atoms with van der Waals surface area (Å²) >= 11 is 12.2. The summed E-state index contributed by atoms with van der Waals surface area (Å²) in [5, 5.41) is 0.479. The molecule has 0 unspecified atom stereocenters. The fraction of sp³-hybridized carbons (Fsp3) is 0.136. The molecule has 3 aromatic rings. The molecule has 0 amide bonds. The number of rotatable bonds is 8. The first kappa shape index (κ1) is 22.9. The van der Waals surface area contributed by atoms with E-state index in [1.54, 1.807) is 56.6 Å². The van der Waals surface area contributed by atoms with E-state index in [1.165, 1.54) is 24.3 Å². The summed E-state index contributed by atoms with van der Waals surface area (Å²) in [5.74, 6) is 0.813. The van der Waals surface area contributed by atoms with Gasteiger partial charge in [0.2, 0.25) is 5.75 Å². The highest BCUT2D eigenvalue weighted by Gasteiger charge is 2.22. The molecule has 0 atom stereocenters. The van der Waals surface area contributed by atoms with Gasteiger partial charge < -0.3 is 13.7 Å². The smallest absolute Gasteiger partial charge is 0.339 e. The highest BCUT2D eigenvalue weighted by Crippen LogP contribution is 2.38. The van der Waals surface area contributed by atoms with Gasteiger partial charge in [-0.05, 0) is 73.2 Å². The monoisotopic (exact) mass is 479 g/mol. The predicted molar refractivity (Wildman–Crippen MR) is 122 cm³/mol. The third kappa shape index (κ3) is 5.91. The lowest BCUT2D eigenvalue weighted by Gasteiger charge is -2.14. The fourth-order valence-electron chi connectivity index (χ4n) is 2.58. The summed E-state index contributed by atoms with van der Waals surface area (Å²) in [6.45, 7) is 2.05. The zero-order valence-corrected chi connectivity index (χ0v) is 19.0. The van der Waals surface area contributed by atoms with E-state index in [0.29, 0.717) is 16.3 Å². The van der Waals surface area contributed by atoms with Gasteiger partial charge in [0.1, 0.15) is 10.6 Å². The topological polar surface area (TPSA) is 74.2 Å². The standard InChI is InChI=1S/C22H19Cl2NO5S/c1-3-29-21-13-15(14-25-17-6-8-18(28-2)9-7-17)12-20(24)22(21)30-31(26,27)19-10-4-16(23)5-11-19/h4-14H,3H2,1-2H3. The van der Waals surface area contributed by atoms with Crippen LogP contribution in [0.1, 0.15) is 12.5 Å². The van der Waals surface area contributed by atoms with E-state index in [9.17, 15) is 8.42 Å². The van der Waals surface area contributed by atoms with Gasteiger partial charge in [0.05, 0.1) is 24.4 Å². The number of halogens is 2. The maximum Gasteiger partial charge on any atom is 0.339 e. The largest absolute Gasteiger partial charge is 0.497 e. The normalized spacial score (nSPS) is 11.5. The molecule has 0 fully saturated rings. The van der Waals surface area contributed by atoms with Gasteiger partial charge >= 0.3 is 10.1 Å². The van der Waals surface area contributed by atoms with Crippen molar-refractivity contribution in [3.8, 4) is 17.2 Å². The molecule has 0 aliphatic carbocycles. The first-order chi connectivity index (χ1) is 14.8. The van der Waals surface area contributed by atoms with Crippen molar-refractivity contribution in [3.05, 3.63) is 76.3 Å². The summed E-state index contributed by atoms with van der Waals surface area (Å²) in [4.78, 5) is 4.33. The Balaban J connectivity index is 1.91. The van der Waals surface area contributed by atoms with E-state index in [-0.39, 0.29) is 28.0 Å². The van der Waals surface area contributed by atoms with Gasteiger partial charge in [0.25, 0.3) is 0 Å². The Morgan fingerprint density at radius 2 is 1.68 bits per heavy atom. The Hall–Kier alpha value is -2.74. The zero-order valence-electron chi connectivity index (χ0n) is 16.7. The van der Waals surface area contributed by atoms with E-state index in [4.69, 9.17) is 36.9 Å². The molecular weight excluding hydrogens is 461 g/mol. The highest BCUT2D eigenvalue weighted by atomic mass is 35.5. The maximum absolute atomic E-state index is 12.7. The van der Waals surface area contributed by atoms with Gasteiger partial charge in [-0.1, -0.05) is 23.2 Å². The molecule has 0 N–H and O–H groups in total. The van der Waals surface area contributed by atoms with Crippen molar-refractivity contribution in [3.63, 3.8) is 0 Å². The molecule has 31 heavy (non-hydrogen) atoms. The highest BCUT2D eigenvalue weighted by molar-refractivity contribution is 7.87. The van der Waals surface area contributed by atoms with Crippen LogP contribution < -0.4 is 13.7 Å². The first-order valence-corrected chi connectivity index (χ1v) is 11.3. The zero-order chi connectivity index (χ0) is 22.4. The van der Waals surface area contributed by atoms with Gasteiger partial charge in [0.15, 0.2) is 5.75 Å². The van der Waals surface area contributed by atoms with Gasteiger partial charge in [-0.15, -0.1) is 0 Å². The average Bonchev–Trinajstić information content (AvgIpc) is 2.75. The molecule has 6 nitrogen and oxygen atoms in total. The molecule has 0 spiro atoms. The van der Waals surface area contributed by atoms with Crippen LogP contribution in [0.25, 0.3) is 0 Å². The second kappa shape index (κ2) is 10.0. The quantitative estimate of drug-likeness (QED) is 0.296. The van der Waals surface area contributed by atoms with Crippen molar-refractivity contribution in [2.75, 3.05) is 13.7 Å². The molecule has 3 aromatic carbocycles. The third-order valence-corrected chi connectivity index (χ3v) is 5.83. The van der Waals surface area contributed by atoms with Gasteiger partial charge in [-0.2, -0.15) is 8.42 Å². The molecule has 0 saturated heterocycles. The molecule has 9 heteroatoms. The van der Waals surface area contributed by atoms with Crippen molar-refractivity contribution in [1.29, 1.82) is 0 Å². The molecule has 0 heterocycles. The number of nitrogens with zero attached hydrogens (tertiary/aromatic N) is 1. The third-order valence-electron chi connectivity index (χ3n) is 4.06. The lowest BCUT2D eigenvalue weighted by Crippen LogP contribution is -2.11. The molecule has 0 saturated carbocycles. The molecule has 0 aromatic heterocycles. The summed E-state index contributed by atoms with van der Waals surface area (Å²) in [5.41, 5.74) is 1.32. The Morgan fingerprint density at radius 3 is 2.29 bits per heavy atom. The molecule has 0 radical (unpaired) electrons. The number of benzene rings is 3. The van der Waals surface area contributed by atoms with Crippen molar-refractivity contribution < 1.29 is 22.1 Å². The van der Waals surface area contributed by atoms with Gasteiger partial charge in [-0.3, -0.25) is 4.99 Å². The van der Waals surface area contributed by atoms with Crippen LogP contribution in [0.15, 0.2) is 70.6 Å². The van der Waals surface area contributed by atoms with Crippen LogP contribution in [-0.2, 0) is 10.1 Å². The van der Waals surface area contributed by atoms with Crippen LogP contribution in [0.4, 0.5) is 5.69 Å². The lowest BCUT2D eigenvalue weighted by molar-refractivity contribution is 0.327. The number of hydrogen-bond acceptors (Lipinski definition) is 6. The van der Waals surface area contributed by atoms with Crippen LogP contribution in [0.3, 0.4) is 0 Å². The lowest BCUT2D eigenvalue weighted by atomic mass is 10.2. The molecule has 0 aliphatic heterocycles. The summed E-state index contributed by atoms with van der Waals surface area (Å²) in [6.07, 6.45) is 1.59. The molecule has 0 aliphatic rings. The SMILES string of the molecule is CCOc1cc(C=Nc2ccc(OC)cc2)cc(Cl)c1OS(=O)(=O)c1ccc(Cl)cc1. The molecular formula is C22H19Cl2NO5S. The Morgan fingerprint density at radius 1 is 1.00 bits per heavy atom. The van der Waals surface area contributed by atoms with E-state index < -0.39 is 10.1 Å². The number of hydrogen-bond donors (Lipinski definition) is 0. The van der Waals surface area contributed by atoms with E-state index in [0.717, 1.165) is 5.75 Å². The Bertz CT molecular complexity index is 1180. The summed E-state index contributed by atoms with van der Waals surface area (Å²) in [6, 6.07) is 16.0. The van der Waals surface area contributed by atoms with Crippen molar-refractivity contribution in [2.45, 2.75) is 11.8 Å². The number of aliphatic imine (C=N–C) groups is 1. The minimum absolute atomic E-state index is 0.0550. The second-order valence-electron chi connectivity index (χ2n) is 6.21. The van der Waals surface area contributed by atoms with Crippen molar-refractivity contribution >= 4 is 45.2 Å². The molecule has 3 rings (SSSR count). The van der Waals surface area contributed by atoms with Crippen molar-refractivity contribution in [2.24, 2.45) is 4.99 Å². The van der Waals surface area contributed by atoms with Crippen LogP contribution in [0.2, 0.25) is 10.0 Å². The van der Waals surface area contributed by atoms with Crippen molar-refractivity contribution in [1.82, 2.24) is 0 Å². The molecule has 0 bridgehead atoms. The van der Waals surface area contributed by atoms with Crippen LogP contribution in [-0.4, -0.2) is 28.3 Å². The first-order valence-electron chi connectivity index (χ1n) is 9.17. The molecule has 162 valence electrons. The van der Waals surface area contributed by atoms with Gasteiger partial charge in [-0.25, -0.2) is 0 Å². The Labute approximate surface area is 191 Å². The predicted octanol–water partition coefficient (Wildman–Crippen LogP) is 5.92. The average molecular weight is 480 g/mol. The van der Waals surface area contributed by atoms with Gasteiger partial charge in [0, 0.05) is 11.2 Å². The van der Waals surface area contributed by atoms with Crippen LogP contribution in [0.5, 0.6) is 17.2 Å². The van der Waals surface area contributed by atoms with E-state index >= 15 is 0 Å². The summed E-state index contributed by atoms with van der Waals surface area (Å²) in [7, 11) is -2.55.